The van der Waals surface area contributed by atoms with Crippen molar-refractivity contribution in [3.63, 3.8) is 0 Å². The lowest BCUT2D eigenvalue weighted by molar-refractivity contribution is 0.184. The van der Waals surface area contributed by atoms with Crippen LogP contribution in [0.1, 0.15) is 23.5 Å². The first-order valence-electron chi connectivity index (χ1n) is 7.14. The Morgan fingerprint density at radius 3 is 2.74 bits per heavy atom. The Kier molecular flexibility index (Phi) is 8.96. The predicted molar refractivity (Wildman–Crippen MR) is 108 cm³/mol. The summed E-state index contributed by atoms with van der Waals surface area (Å²) in [5.41, 5.74) is 1.14. The van der Waals surface area contributed by atoms with Crippen LogP contribution in [-0.2, 0) is 13.6 Å². The van der Waals surface area contributed by atoms with Crippen molar-refractivity contribution in [1.82, 2.24) is 15.2 Å². The van der Waals surface area contributed by atoms with Gasteiger partial charge in [-0.05, 0) is 30.7 Å². The van der Waals surface area contributed by atoms with Crippen LogP contribution in [0.5, 0.6) is 0 Å². The maximum absolute atomic E-state index is 10.1. The van der Waals surface area contributed by atoms with E-state index in [4.69, 9.17) is 11.6 Å². The zero-order chi connectivity index (χ0) is 15.9. The highest BCUT2D eigenvalue weighted by molar-refractivity contribution is 14.0. The first-order chi connectivity index (χ1) is 10.6. The summed E-state index contributed by atoms with van der Waals surface area (Å²) in [4.78, 5) is 5.36. The van der Waals surface area contributed by atoms with Gasteiger partial charge in [-0.3, -0.25) is 0 Å². The van der Waals surface area contributed by atoms with Crippen molar-refractivity contribution in [3.8, 4) is 0 Å². The molecule has 0 fully saturated rings. The number of guanidine groups is 1. The molecule has 0 aromatic carbocycles. The number of thiophene rings is 1. The molecule has 0 amide bonds. The largest absolute Gasteiger partial charge is 0.386 e. The van der Waals surface area contributed by atoms with Gasteiger partial charge in [-0.15, -0.1) is 35.3 Å². The lowest BCUT2D eigenvalue weighted by atomic mass is 10.3. The van der Waals surface area contributed by atoms with Gasteiger partial charge in [0.2, 0.25) is 0 Å². The highest BCUT2D eigenvalue weighted by Gasteiger charge is 2.10. The van der Waals surface area contributed by atoms with Gasteiger partial charge in [0.15, 0.2) is 5.96 Å². The molecule has 0 spiro atoms. The van der Waals surface area contributed by atoms with Crippen molar-refractivity contribution in [2.75, 3.05) is 13.1 Å². The Bertz CT molecular complexity index is 629. The first kappa shape index (κ1) is 20.3. The van der Waals surface area contributed by atoms with Gasteiger partial charge >= 0.3 is 0 Å². The van der Waals surface area contributed by atoms with E-state index in [2.05, 4.69) is 15.6 Å². The van der Waals surface area contributed by atoms with E-state index in [9.17, 15) is 5.11 Å². The molecule has 2 aromatic rings. The number of halogens is 2. The summed E-state index contributed by atoms with van der Waals surface area (Å²) in [5.74, 6) is 0.688. The zero-order valence-corrected chi connectivity index (χ0v) is 17.0. The lowest BCUT2D eigenvalue weighted by Gasteiger charge is -2.14. The van der Waals surface area contributed by atoms with Crippen molar-refractivity contribution in [3.05, 3.63) is 45.4 Å². The number of aliphatic hydroxyl groups excluding tert-OH is 1. The molecule has 0 saturated heterocycles. The number of aryl methyl sites for hydroxylation is 1. The third kappa shape index (κ3) is 6.70. The van der Waals surface area contributed by atoms with Gasteiger partial charge in [0.05, 0.1) is 10.9 Å². The zero-order valence-electron chi connectivity index (χ0n) is 13.1. The van der Waals surface area contributed by atoms with Gasteiger partial charge in [0.25, 0.3) is 0 Å². The minimum Gasteiger partial charge on any atom is -0.386 e. The van der Waals surface area contributed by atoms with Crippen LogP contribution in [0.25, 0.3) is 0 Å². The molecule has 2 heterocycles. The molecule has 0 aliphatic rings. The number of aliphatic hydroxyl groups is 1. The number of aromatic nitrogens is 1. The molecule has 23 heavy (non-hydrogen) atoms. The minimum atomic E-state index is -0.599. The molecular weight excluding hydrogens is 447 g/mol. The van der Waals surface area contributed by atoms with Crippen LogP contribution in [0.3, 0.4) is 0 Å². The fourth-order valence-corrected chi connectivity index (χ4v) is 3.01. The van der Waals surface area contributed by atoms with Gasteiger partial charge < -0.3 is 20.3 Å². The summed E-state index contributed by atoms with van der Waals surface area (Å²) in [7, 11) is 1.99. The molecule has 1 atom stereocenters. The Balaban J connectivity index is 0.00000264. The van der Waals surface area contributed by atoms with Gasteiger partial charge in [0.1, 0.15) is 6.10 Å². The van der Waals surface area contributed by atoms with E-state index in [1.54, 1.807) is 6.07 Å². The maximum Gasteiger partial charge on any atom is 0.191 e. The van der Waals surface area contributed by atoms with Gasteiger partial charge in [-0.25, -0.2) is 4.99 Å². The maximum atomic E-state index is 10.1. The summed E-state index contributed by atoms with van der Waals surface area (Å²) in [6.45, 7) is 3.76. The smallest absolute Gasteiger partial charge is 0.191 e. The van der Waals surface area contributed by atoms with Crippen LogP contribution in [0, 0.1) is 0 Å². The highest BCUT2D eigenvalue weighted by atomic mass is 127. The van der Waals surface area contributed by atoms with E-state index in [1.807, 2.05) is 43.1 Å². The quantitative estimate of drug-likeness (QED) is 0.347. The fourth-order valence-electron chi connectivity index (χ4n) is 1.97. The number of hydrogen-bond donors (Lipinski definition) is 3. The molecule has 2 aromatic heterocycles. The third-order valence-electron chi connectivity index (χ3n) is 3.04. The Morgan fingerprint density at radius 2 is 2.17 bits per heavy atom. The molecule has 8 heteroatoms. The average Bonchev–Trinajstić information content (AvgIpc) is 3.10. The number of hydrogen-bond acceptors (Lipinski definition) is 3. The van der Waals surface area contributed by atoms with Gasteiger partial charge in [0, 0.05) is 37.4 Å². The van der Waals surface area contributed by atoms with Crippen LogP contribution in [0.15, 0.2) is 35.6 Å². The Morgan fingerprint density at radius 1 is 1.39 bits per heavy atom. The number of nitrogens with zero attached hydrogens (tertiary/aromatic N) is 2. The van der Waals surface area contributed by atoms with Crippen molar-refractivity contribution in [2.45, 2.75) is 19.6 Å². The van der Waals surface area contributed by atoms with Gasteiger partial charge in [-0.1, -0.05) is 11.6 Å². The van der Waals surface area contributed by atoms with E-state index in [0.717, 1.165) is 17.0 Å². The second-order valence-electron chi connectivity index (χ2n) is 4.92. The summed E-state index contributed by atoms with van der Waals surface area (Å²) in [5, 5.41) is 16.5. The normalized spacial score (nSPS) is 12.6. The van der Waals surface area contributed by atoms with Crippen LogP contribution in [-0.4, -0.2) is 28.7 Å². The van der Waals surface area contributed by atoms with Crippen LogP contribution in [0.2, 0.25) is 4.34 Å². The van der Waals surface area contributed by atoms with Gasteiger partial charge in [-0.2, -0.15) is 0 Å². The summed E-state index contributed by atoms with van der Waals surface area (Å²) >= 11 is 7.27. The molecular formula is C15H22ClIN4OS. The minimum absolute atomic E-state index is 0. The molecule has 1 unspecified atom stereocenters. The summed E-state index contributed by atoms with van der Waals surface area (Å²) in [6.07, 6.45) is 3.43. The van der Waals surface area contributed by atoms with E-state index >= 15 is 0 Å². The molecule has 5 nitrogen and oxygen atoms in total. The first-order valence-corrected chi connectivity index (χ1v) is 8.34. The second kappa shape index (κ2) is 10.2. The molecule has 0 bridgehead atoms. The topological polar surface area (TPSA) is 61.6 Å². The van der Waals surface area contributed by atoms with Crippen molar-refractivity contribution < 1.29 is 5.11 Å². The lowest BCUT2D eigenvalue weighted by Crippen LogP contribution is -2.39. The van der Waals surface area contributed by atoms with E-state index in [1.165, 1.54) is 11.3 Å². The van der Waals surface area contributed by atoms with Crippen LogP contribution < -0.4 is 10.6 Å². The third-order valence-corrected chi connectivity index (χ3v) is 4.37. The average molecular weight is 469 g/mol. The van der Waals surface area contributed by atoms with Crippen molar-refractivity contribution >= 4 is 52.9 Å². The van der Waals surface area contributed by atoms with Crippen molar-refractivity contribution in [2.24, 2.45) is 12.0 Å². The highest BCUT2D eigenvalue weighted by Crippen LogP contribution is 2.26. The monoisotopic (exact) mass is 468 g/mol. The van der Waals surface area contributed by atoms with Crippen LogP contribution >= 0.6 is 46.9 Å². The molecule has 0 saturated carbocycles. The Hall–Kier alpha value is -0.770. The number of aliphatic imine (C=N–C) groups is 1. The predicted octanol–water partition coefficient (Wildman–Crippen LogP) is 3.15. The van der Waals surface area contributed by atoms with E-state index in [0.29, 0.717) is 23.4 Å². The SMILES string of the molecule is CCNC(=NCc1ccn(C)c1)NCC(O)c1ccc(Cl)s1.I. The molecule has 0 radical (unpaired) electrons. The molecule has 0 aliphatic carbocycles. The van der Waals surface area contributed by atoms with E-state index < -0.39 is 6.10 Å². The number of rotatable bonds is 6. The summed E-state index contributed by atoms with van der Waals surface area (Å²) in [6, 6.07) is 5.67. The van der Waals surface area contributed by atoms with Crippen LogP contribution in [0.4, 0.5) is 0 Å². The number of nitrogens with one attached hydrogen (secondary N) is 2. The summed E-state index contributed by atoms with van der Waals surface area (Å²) < 4.78 is 2.67. The molecule has 3 N–H and O–H groups in total. The molecule has 0 aliphatic heterocycles. The fraction of sp³-hybridized carbons (Fsp3) is 0.400. The van der Waals surface area contributed by atoms with Crippen molar-refractivity contribution in [1.29, 1.82) is 0 Å². The molecule has 128 valence electrons. The van der Waals surface area contributed by atoms with E-state index in [-0.39, 0.29) is 24.0 Å². The second-order valence-corrected chi connectivity index (χ2v) is 6.67. The molecule has 2 rings (SSSR count). The standard InChI is InChI=1S/C15H21ClN4OS.HI/c1-3-17-15(18-8-11-6-7-20(2)10-11)19-9-12(21)13-4-5-14(16)22-13;/h4-7,10,12,21H,3,8-9H2,1-2H3,(H2,17,18,19);1H. The Labute approximate surface area is 162 Å².